The summed E-state index contributed by atoms with van der Waals surface area (Å²) in [4.78, 5) is 29.7. The van der Waals surface area contributed by atoms with Crippen LogP contribution >= 0.6 is 0 Å². The molecule has 1 aliphatic heterocycles. The number of nitrogens with one attached hydrogen (secondary N) is 1. The highest BCUT2D eigenvalue weighted by molar-refractivity contribution is 6.26. The van der Waals surface area contributed by atoms with Crippen LogP contribution in [0, 0.1) is 6.92 Å². The second-order valence-corrected chi connectivity index (χ2v) is 6.70. The molecule has 4 rings (SSSR count). The van der Waals surface area contributed by atoms with Crippen LogP contribution in [0.2, 0.25) is 0 Å². The zero-order chi connectivity index (χ0) is 21.3. The summed E-state index contributed by atoms with van der Waals surface area (Å²) in [5, 5.41) is 8.21. The van der Waals surface area contributed by atoms with Gasteiger partial charge in [0.2, 0.25) is 11.7 Å². The van der Waals surface area contributed by atoms with E-state index in [9.17, 15) is 9.59 Å². The lowest BCUT2D eigenvalue weighted by Gasteiger charge is -2.08. The Morgan fingerprint density at radius 3 is 2.80 bits per heavy atom. The quantitative estimate of drug-likeness (QED) is 0.397. The largest absolute Gasteiger partial charge is 0.462 e. The molecule has 0 atom stereocenters. The highest BCUT2D eigenvalue weighted by Crippen LogP contribution is 2.29. The van der Waals surface area contributed by atoms with E-state index in [0.717, 1.165) is 16.7 Å². The van der Waals surface area contributed by atoms with Gasteiger partial charge in [-0.1, -0.05) is 18.2 Å². The molecule has 8 heteroatoms. The number of ether oxygens (including phenoxy) is 2. The van der Waals surface area contributed by atoms with Gasteiger partial charge in [-0.3, -0.25) is 9.48 Å². The normalized spacial score (nSPS) is 15.0. The molecule has 0 amide bonds. The van der Waals surface area contributed by atoms with Crippen LogP contribution in [0.3, 0.4) is 0 Å². The number of Topliss-reactive ketones (excluding diaryl/α,β-unsaturated/α-hetero) is 1. The van der Waals surface area contributed by atoms with Crippen LogP contribution in [0.4, 0.5) is 5.69 Å². The number of fused-ring (bicyclic) bond motifs is 1. The SMILES string of the molecule is CCOC(=O)C1=C(Nc2ccccc2)OC(=Cc2cnc3c(c2)c(C)nn3C)C1=O. The molecule has 1 N–H and O–H groups in total. The van der Waals surface area contributed by atoms with Gasteiger partial charge in [-0.2, -0.15) is 5.10 Å². The van der Waals surface area contributed by atoms with Crippen LogP contribution in [0.1, 0.15) is 18.2 Å². The molecule has 0 aliphatic carbocycles. The standard InChI is InChI=1S/C22H20N4O4/c1-4-29-22(28)18-19(27)17(30-21(18)24-15-8-6-5-7-9-15)11-14-10-16-13(2)25-26(3)20(16)23-12-14/h5-12,24H,4H2,1-3H3. The van der Waals surface area contributed by atoms with E-state index in [1.54, 1.807) is 36.0 Å². The summed E-state index contributed by atoms with van der Waals surface area (Å²) in [7, 11) is 1.82. The van der Waals surface area contributed by atoms with E-state index in [-0.39, 0.29) is 23.8 Å². The molecule has 1 aliphatic rings. The number of anilines is 1. The minimum atomic E-state index is -0.735. The van der Waals surface area contributed by atoms with Gasteiger partial charge < -0.3 is 14.8 Å². The van der Waals surface area contributed by atoms with Gasteiger partial charge in [0.05, 0.1) is 12.3 Å². The van der Waals surface area contributed by atoms with Crippen molar-refractivity contribution in [2.24, 2.45) is 7.05 Å². The van der Waals surface area contributed by atoms with Crippen LogP contribution in [0.15, 0.2) is 59.8 Å². The van der Waals surface area contributed by atoms with Crippen molar-refractivity contribution in [2.45, 2.75) is 13.8 Å². The summed E-state index contributed by atoms with van der Waals surface area (Å²) >= 11 is 0. The van der Waals surface area contributed by atoms with Gasteiger partial charge in [-0.15, -0.1) is 0 Å². The molecular weight excluding hydrogens is 384 g/mol. The average Bonchev–Trinajstić information content (AvgIpc) is 3.18. The fourth-order valence-corrected chi connectivity index (χ4v) is 3.21. The molecule has 3 heterocycles. The molecule has 0 unspecified atom stereocenters. The Bertz CT molecular complexity index is 1210. The second-order valence-electron chi connectivity index (χ2n) is 6.70. The van der Waals surface area contributed by atoms with Crippen LogP contribution in [-0.4, -0.2) is 33.1 Å². The number of carbonyl (C=O) groups excluding carboxylic acids is 2. The molecule has 0 bridgehead atoms. The first-order valence-corrected chi connectivity index (χ1v) is 9.45. The Morgan fingerprint density at radius 2 is 2.07 bits per heavy atom. The highest BCUT2D eigenvalue weighted by Gasteiger charge is 2.37. The molecule has 8 nitrogen and oxygen atoms in total. The highest BCUT2D eigenvalue weighted by atomic mass is 16.5. The lowest BCUT2D eigenvalue weighted by molar-refractivity contribution is -0.139. The van der Waals surface area contributed by atoms with Gasteiger partial charge in [0, 0.05) is 24.3 Å². The fourth-order valence-electron chi connectivity index (χ4n) is 3.21. The van der Waals surface area contributed by atoms with E-state index < -0.39 is 11.8 Å². The summed E-state index contributed by atoms with van der Waals surface area (Å²) in [5.41, 5.74) is 2.74. The monoisotopic (exact) mass is 404 g/mol. The van der Waals surface area contributed by atoms with Crippen molar-refractivity contribution in [3.8, 4) is 0 Å². The lowest BCUT2D eigenvalue weighted by Crippen LogP contribution is -2.16. The summed E-state index contributed by atoms with van der Waals surface area (Å²) in [5.74, 6) is -1.22. The summed E-state index contributed by atoms with van der Waals surface area (Å²) in [6.45, 7) is 3.71. The van der Waals surface area contributed by atoms with Gasteiger partial charge in [0.25, 0.3) is 0 Å². The minimum absolute atomic E-state index is 0.0131. The van der Waals surface area contributed by atoms with E-state index >= 15 is 0 Å². The topological polar surface area (TPSA) is 95.3 Å². The van der Waals surface area contributed by atoms with Crippen molar-refractivity contribution in [1.82, 2.24) is 14.8 Å². The number of nitrogens with zero attached hydrogens (tertiary/aromatic N) is 3. The van der Waals surface area contributed by atoms with E-state index in [0.29, 0.717) is 11.3 Å². The number of aromatic nitrogens is 3. The van der Waals surface area contributed by atoms with Crippen molar-refractivity contribution >= 4 is 34.5 Å². The molecule has 0 saturated carbocycles. The number of pyridine rings is 1. The molecule has 0 spiro atoms. The van der Waals surface area contributed by atoms with Gasteiger partial charge >= 0.3 is 5.97 Å². The van der Waals surface area contributed by atoms with Crippen molar-refractivity contribution < 1.29 is 19.1 Å². The number of benzene rings is 1. The third-order valence-corrected chi connectivity index (χ3v) is 4.58. The molecule has 30 heavy (non-hydrogen) atoms. The van der Waals surface area contributed by atoms with Gasteiger partial charge in [0.1, 0.15) is 0 Å². The lowest BCUT2D eigenvalue weighted by atomic mass is 10.1. The zero-order valence-corrected chi connectivity index (χ0v) is 16.8. The summed E-state index contributed by atoms with van der Waals surface area (Å²) in [6, 6.07) is 11.0. The van der Waals surface area contributed by atoms with Gasteiger partial charge in [-0.05, 0) is 43.7 Å². The van der Waals surface area contributed by atoms with Gasteiger partial charge in [0.15, 0.2) is 17.0 Å². The Kier molecular flexibility index (Phi) is 5.05. The van der Waals surface area contributed by atoms with Gasteiger partial charge in [-0.25, -0.2) is 9.78 Å². The van der Waals surface area contributed by atoms with E-state index in [1.165, 1.54) is 0 Å². The third-order valence-electron chi connectivity index (χ3n) is 4.58. The summed E-state index contributed by atoms with van der Waals surface area (Å²) < 4.78 is 12.5. The fraction of sp³-hybridized carbons (Fsp3) is 0.182. The first-order chi connectivity index (χ1) is 14.5. The first kappa shape index (κ1) is 19.4. The average molecular weight is 404 g/mol. The Morgan fingerprint density at radius 1 is 1.30 bits per heavy atom. The number of rotatable bonds is 5. The molecule has 1 aromatic carbocycles. The van der Waals surface area contributed by atoms with E-state index in [2.05, 4.69) is 15.4 Å². The van der Waals surface area contributed by atoms with Crippen LogP contribution < -0.4 is 5.32 Å². The number of aryl methyl sites for hydroxylation is 2. The minimum Gasteiger partial charge on any atom is -0.462 e. The number of hydrogen-bond donors (Lipinski definition) is 1. The van der Waals surface area contributed by atoms with Crippen molar-refractivity contribution in [3.63, 3.8) is 0 Å². The molecule has 0 radical (unpaired) electrons. The Balaban J connectivity index is 1.70. The zero-order valence-electron chi connectivity index (χ0n) is 16.8. The molecular formula is C22H20N4O4. The number of carbonyl (C=O) groups is 2. The smallest absolute Gasteiger partial charge is 0.347 e. The molecule has 152 valence electrons. The maximum absolute atomic E-state index is 12.9. The Labute approximate surface area is 172 Å². The van der Waals surface area contributed by atoms with Crippen molar-refractivity contribution in [3.05, 3.63) is 71.1 Å². The van der Waals surface area contributed by atoms with E-state index in [4.69, 9.17) is 9.47 Å². The van der Waals surface area contributed by atoms with Crippen LogP contribution in [0.5, 0.6) is 0 Å². The summed E-state index contributed by atoms with van der Waals surface area (Å²) in [6.07, 6.45) is 3.18. The third kappa shape index (κ3) is 3.55. The number of ketones is 1. The molecule has 0 fully saturated rings. The number of allylic oxidation sites excluding steroid dienone is 1. The van der Waals surface area contributed by atoms with Crippen molar-refractivity contribution in [2.75, 3.05) is 11.9 Å². The first-order valence-electron chi connectivity index (χ1n) is 9.45. The van der Waals surface area contributed by atoms with Crippen LogP contribution in [0.25, 0.3) is 17.1 Å². The van der Waals surface area contributed by atoms with Crippen LogP contribution in [-0.2, 0) is 26.1 Å². The molecule has 0 saturated heterocycles. The number of para-hydroxylation sites is 1. The maximum Gasteiger partial charge on any atom is 0.347 e. The predicted octanol–water partition coefficient (Wildman–Crippen LogP) is 3.10. The maximum atomic E-state index is 12.9. The Hall–Kier alpha value is -3.94. The predicted molar refractivity (Wildman–Crippen MR) is 111 cm³/mol. The second kappa shape index (κ2) is 7.82. The number of hydrogen-bond acceptors (Lipinski definition) is 7. The molecule has 3 aromatic rings. The van der Waals surface area contributed by atoms with E-state index in [1.807, 2.05) is 38.2 Å². The number of esters is 1. The molecule has 2 aromatic heterocycles. The van der Waals surface area contributed by atoms with Crippen molar-refractivity contribution in [1.29, 1.82) is 0 Å².